The monoisotopic (exact) mass is 288 g/mol. The lowest BCUT2D eigenvalue weighted by Gasteiger charge is -2.24. The van der Waals surface area contributed by atoms with E-state index < -0.39 is 5.82 Å². The highest BCUT2D eigenvalue weighted by Crippen LogP contribution is 2.35. The highest BCUT2D eigenvalue weighted by Gasteiger charge is 2.15. The zero-order valence-electron chi connectivity index (χ0n) is 12.9. The normalized spacial score (nSPS) is 10.8. The lowest BCUT2D eigenvalue weighted by molar-refractivity contribution is 0.231. The van der Waals surface area contributed by atoms with Crippen LogP contribution in [-0.2, 0) is 0 Å². The fourth-order valence-electron chi connectivity index (χ4n) is 2.26. The molecule has 2 rings (SSSR count). The topological polar surface area (TPSA) is 38.5 Å². The molecule has 0 amide bonds. The number of para-hydroxylation sites is 1. The molecular formula is C17H21FN2O. The Morgan fingerprint density at radius 1 is 1.14 bits per heavy atom. The van der Waals surface area contributed by atoms with Crippen LogP contribution in [0.3, 0.4) is 0 Å². The summed E-state index contributed by atoms with van der Waals surface area (Å²) >= 11 is 0. The number of nitrogens with zero attached hydrogens (tertiary/aromatic N) is 1. The summed E-state index contributed by atoms with van der Waals surface area (Å²) in [5.41, 5.74) is 9.22. The van der Waals surface area contributed by atoms with Gasteiger partial charge < -0.3 is 15.4 Å². The molecule has 0 aliphatic rings. The van der Waals surface area contributed by atoms with E-state index in [9.17, 15) is 4.39 Å². The van der Waals surface area contributed by atoms with Crippen molar-refractivity contribution in [2.75, 3.05) is 17.7 Å². The number of anilines is 3. The SMILES string of the molecule is Cc1ccccc1N(C)c1cc(OC(C)C)c(F)cc1N. The highest BCUT2D eigenvalue weighted by atomic mass is 19.1. The van der Waals surface area contributed by atoms with E-state index >= 15 is 0 Å². The predicted molar refractivity (Wildman–Crippen MR) is 85.8 cm³/mol. The van der Waals surface area contributed by atoms with Crippen LogP contribution in [0.1, 0.15) is 19.4 Å². The Labute approximate surface area is 125 Å². The van der Waals surface area contributed by atoms with Crippen LogP contribution >= 0.6 is 0 Å². The van der Waals surface area contributed by atoms with Crippen LogP contribution in [0.5, 0.6) is 5.75 Å². The van der Waals surface area contributed by atoms with Crippen molar-refractivity contribution in [1.82, 2.24) is 0 Å². The van der Waals surface area contributed by atoms with Gasteiger partial charge in [0.15, 0.2) is 11.6 Å². The van der Waals surface area contributed by atoms with Gasteiger partial charge in [0, 0.05) is 24.9 Å². The first-order chi connectivity index (χ1) is 9.90. The molecule has 0 aliphatic heterocycles. The third-order valence-electron chi connectivity index (χ3n) is 3.28. The van der Waals surface area contributed by atoms with E-state index in [-0.39, 0.29) is 11.9 Å². The van der Waals surface area contributed by atoms with Crippen molar-refractivity contribution in [1.29, 1.82) is 0 Å². The van der Waals surface area contributed by atoms with Crippen LogP contribution in [0.15, 0.2) is 36.4 Å². The van der Waals surface area contributed by atoms with Crippen molar-refractivity contribution in [3.63, 3.8) is 0 Å². The maximum Gasteiger partial charge on any atom is 0.167 e. The number of nitrogens with two attached hydrogens (primary N) is 1. The molecule has 3 nitrogen and oxygen atoms in total. The molecule has 0 aromatic heterocycles. The lowest BCUT2D eigenvalue weighted by atomic mass is 10.1. The summed E-state index contributed by atoms with van der Waals surface area (Å²) in [5, 5.41) is 0. The van der Waals surface area contributed by atoms with Crippen LogP contribution < -0.4 is 15.4 Å². The standard InChI is InChI=1S/C17H21FN2O/c1-11(2)21-17-10-16(14(19)9-13(17)18)20(4)15-8-6-5-7-12(15)3/h5-11H,19H2,1-4H3. The molecular weight excluding hydrogens is 267 g/mol. The summed E-state index contributed by atoms with van der Waals surface area (Å²) in [6.07, 6.45) is -0.0975. The van der Waals surface area contributed by atoms with Gasteiger partial charge in [0.25, 0.3) is 0 Å². The van der Waals surface area contributed by atoms with Gasteiger partial charge in [-0.25, -0.2) is 4.39 Å². The Morgan fingerprint density at radius 2 is 1.81 bits per heavy atom. The van der Waals surface area contributed by atoms with Crippen molar-refractivity contribution < 1.29 is 9.13 Å². The largest absolute Gasteiger partial charge is 0.488 e. The lowest BCUT2D eigenvalue weighted by Crippen LogP contribution is -2.14. The van der Waals surface area contributed by atoms with E-state index in [2.05, 4.69) is 0 Å². The quantitative estimate of drug-likeness (QED) is 0.854. The number of hydrogen-bond donors (Lipinski definition) is 1. The van der Waals surface area contributed by atoms with Crippen LogP contribution in [0.25, 0.3) is 0 Å². The van der Waals surface area contributed by atoms with E-state index in [1.165, 1.54) is 6.07 Å². The van der Waals surface area contributed by atoms with Crippen LogP contribution in [0, 0.1) is 12.7 Å². The smallest absolute Gasteiger partial charge is 0.167 e. The summed E-state index contributed by atoms with van der Waals surface area (Å²) < 4.78 is 19.4. The second kappa shape index (κ2) is 6.04. The maximum absolute atomic E-state index is 13.9. The van der Waals surface area contributed by atoms with E-state index in [0.717, 1.165) is 16.9 Å². The van der Waals surface area contributed by atoms with Gasteiger partial charge in [0.1, 0.15) is 0 Å². The highest BCUT2D eigenvalue weighted by molar-refractivity contribution is 5.77. The molecule has 21 heavy (non-hydrogen) atoms. The first-order valence-electron chi connectivity index (χ1n) is 6.95. The zero-order valence-corrected chi connectivity index (χ0v) is 12.9. The molecule has 0 saturated heterocycles. The third kappa shape index (κ3) is 3.27. The molecule has 0 atom stereocenters. The Kier molecular flexibility index (Phi) is 4.36. The Hall–Kier alpha value is -2.23. The van der Waals surface area contributed by atoms with E-state index in [4.69, 9.17) is 10.5 Å². The molecule has 0 spiro atoms. The molecule has 0 fully saturated rings. The fraction of sp³-hybridized carbons (Fsp3) is 0.294. The molecule has 0 aliphatic carbocycles. The molecule has 2 aromatic carbocycles. The van der Waals surface area contributed by atoms with Crippen LogP contribution in [0.2, 0.25) is 0 Å². The summed E-state index contributed by atoms with van der Waals surface area (Å²) in [7, 11) is 1.91. The van der Waals surface area contributed by atoms with Crippen molar-refractivity contribution in [3.05, 3.63) is 47.8 Å². The van der Waals surface area contributed by atoms with Crippen molar-refractivity contribution in [2.45, 2.75) is 26.9 Å². The molecule has 0 radical (unpaired) electrons. The Balaban J connectivity index is 2.45. The maximum atomic E-state index is 13.9. The second-order valence-electron chi connectivity index (χ2n) is 5.35. The molecule has 4 heteroatoms. The Bertz CT molecular complexity index is 641. The van der Waals surface area contributed by atoms with Gasteiger partial charge in [0.05, 0.1) is 17.5 Å². The number of aryl methyl sites for hydroxylation is 1. The predicted octanol–water partition coefficient (Wildman–Crippen LogP) is 4.27. The molecule has 2 N–H and O–H groups in total. The van der Waals surface area contributed by atoms with Gasteiger partial charge in [-0.3, -0.25) is 0 Å². The number of rotatable bonds is 4. The first-order valence-corrected chi connectivity index (χ1v) is 6.95. The first kappa shape index (κ1) is 15.2. The fourth-order valence-corrected chi connectivity index (χ4v) is 2.26. The van der Waals surface area contributed by atoms with Crippen LogP contribution in [-0.4, -0.2) is 13.2 Å². The van der Waals surface area contributed by atoms with Crippen LogP contribution in [0.4, 0.5) is 21.5 Å². The number of benzene rings is 2. The average molecular weight is 288 g/mol. The molecule has 0 bridgehead atoms. The summed E-state index contributed by atoms with van der Waals surface area (Å²) in [6.45, 7) is 5.75. The van der Waals surface area contributed by atoms with E-state index in [1.807, 2.05) is 57.0 Å². The number of halogens is 1. The molecule has 2 aromatic rings. The molecule has 0 unspecified atom stereocenters. The Morgan fingerprint density at radius 3 is 2.43 bits per heavy atom. The van der Waals surface area contributed by atoms with Crippen molar-refractivity contribution in [3.8, 4) is 5.75 Å². The van der Waals surface area contributed by atoms with Gasteiger partial charge in [-0.15, -0.1) is 0 Å². The van der Waals surface area contributed by atoms with Gasteiger partial charge >= 0.3 is 0 Å². The average Bonchev–Trinajstić information content (AvgIpc) is 2.41. The molecule has 112 valence electrons. The molecule has 0 heterocycles. The van der Waals surface area contributed by atoms with E-state index in [0.29, 0.717) is 5.69 Å². The minimum Gasteiger partial charge on any atom is -0.488 e. The minimum atomic E-state index is -0.442. The number of nitrogen functional groups attached to an aromatic ring is 1. The second-order valence-corrected chi connectivity index (χ2v) is 5.35. The van der Waals surface area contributed by atoms with Gasteiger partial charge in [-0.2, -0.15) is 0 Å². The van der Waals surface area contributed by atoms with Crippen molar-refractivity contribution in [2.24, 2.45) is 0 Å². The summed E-state index contributed by atoms with van der Waals surface area (Å²) in [4.78, 5) is 1.94. The third-order valence-corrected chi connectivity index (χ3v) is 3.28. The molecule has 0 saturated carbocycles. The van der Waals surface area contributed by atoms with Crippen molar-refractivity contribution >= 4 is 17.1 Å². The number of ether oxygens (including phenoxy) is 1. The number of hydrogen-bond acceptors (Lipinski definition) is 3. The van der Waals surface area contributed by atoms with E-state index in [1.54, 1.807) is 6.07 Å². The summed E-state index contributed by atoms with van der Waals surface area (Å²) in [6, 6.07) is 10.9. The van der Waals surface area contributed by atoms with Gasteiger partial charge in [-0.05, 0) is 32.4 Å². The minimum absolute atomic E-state index is 0.0975. The summed E-state index contributed by atoms with van der Waals surface area (Å²) in [5.74, 6) is -0.224. The van der Waals surface area contributed by atoms with Gasteiger partial charge in [0.2, 0.25) is 0 Å². The van der Waals surface area contributed by atoms with Gasteiger partial charge in [-0.1, -0.05) is 18.2 Å². The zero-order chi connectivity index (χ0) is 15.6.